The Labute approximate surface area is 357 Å². The van der Waals surface area contributed by atoms with E-state index in [-0.39, 0.29) is 60.3 Å². The number of fused-ring (bicyclic) bond motifs is 4. The van der Waals surface area contributed by atoms with Crippen LogP contribution in [0.25, 0.3) is 43.1 Å². The Morgan fingerprint density at radius 3 is 1.59 bits per heavy atom. The lowest BCUT2D eigenvalue weighted by Gasteiger charge is -2.09. The fraction of sp³-hybridized carbons (Fsp3) is 0. The van der Waals surface area contributed by atoms with Crippen LogP contribution in [-0.2, 0) is 41.1 Å². The van der Waals surface area contributed by atoms with Gasteiger partial charge in [0.1, 0.15) is 15.5 Å². The highest BCUT2D eigenvalue weighted by molar-refractivity contribution is 7.86. The highest BCUT2D eigenvalue weighted by atomic mass is 32.2. The number of phenolic OH excluding ortho intramolecular Hbond substituents is 1. The van der Waals surface area contributed by atoms with Crippen molar-refractivity contribution in [2.75, 3.05) is 5.73 Å². The summed E-state index contributed by atoms with van der Waals surface area (Å²) in [6.07, 6.45) is 0. The van der Waals surface area contributed by atoms with Gasteiger partial charge in [-0.3, -0.25) is 13.7 Å². The zero-order valence-electron chi connectivity index (χ0n) is 31.5. The molecule has 0 bridgehead atoms. The van der Waals surface area contributed by atoms with E-state index in [1.165, 1.54) is 66.7 Å². The molecule has 0 unspecified atom stereocenters. The molecule has 8 aromatic carbocycles. The molecule has 0 spiro atoms. The third-order valence-electron chi connectivity index (χ3n) is 9.66. The van der Waals surface area contributed by atoms with Crippen LogP contribution in [0.2, 0.25) is 0 Å². The number of hydrogen-bond acceptors (Lipinski definition) is 16. The lowest BCUT2D eigenvalue weighted by atomic mass is 10.1. The Balaban J connectivity index is 1.19. The van der Waals surface area contributed by atoms with E-state index in [0.29, 0.717) is 27.5 Å². The molecular formula is C40H27N7O12S4. The summed E-state index contributed by atoms with van der Waals surface area (Å²) >= 11 is 0. The molecule has 23 heteroatoms. The maximum Gasteiger partial charge on any atom is 0.295 e. The van der Waals surface area contributed by atoms with Crippen LogP contribution in [0.3, 0.4) is 0 Å². The van der Waals surface area contributed by atoms with E-state index in [0.717, 1.165) is 24.3 Å². The molecular weight excluding hydrogens is 899 g/mol. The molecule has 0 heterocycles. The number of aromatic hydroxyl groups is 1. The van der Waals surface area contributed by atoms with Crippen LogP contribution in [0.4, 0.5) is 39.8 Å². The van der Waals surface area contributed by atoms with Gasteiger partial charge in [-0.2, -0.15) is 30.4 Å². The number of thiol groups is 1. The number of nitrogen functional groups attached to an aromatic ring is 1. The molecule has 0 atom stereocenters. The second-order valence-corrected chi connectivity index (χ2v) is 18.8. The first kappa shape index (κ1) is 42.6. The summed E-state index contributed by atoms with van der Waals surface area (Å²) in [5, 5.41) is 38.1. The maximum absolute atomic E-state index is 12.3. The summed E-state index contributed by atoms with van der Waals surface area (Å²) in [7, 11) is -17.7. The van der Waals surface area contributed by atoms with Crippen molar-refractivity contribution in [2.24, 2.45) is 30.7 Å². The normalized spacial score (nSPS) is 13.0. The Bertz CT molecular complexity index is 3790. The van der Waals surface area contributed by atoms with Crippen LogP contribution >= 0.6 is 0 Å². The van der Waals surface area contributed by atoms with Crippen LogP contribution in [0.1, 0.15) is 0 Å². The average Bonchev–Trinajstić information content (AvgIpc) is 3.23. The quantitative estimate of drug-likeness (QED) is 0.0322. The van der Waals surface area contributed by atoms with Gasteiger partial charge in [0.15, 0.2) is 16.5 Å². The number of rotatable bonds is 10. The van der Waals surface area contributed by atoms with Gasteiger partial charge in [-0.15, -0.1) is 25.6 Å². The molecule has 8 rings (SSSR count). The van der Waals surface area contributed by atoms with E-state index in [9.17, 15) is 52.4 Å². The first-order valence-corrected chi connectivity index (χ1v) is 23.3. The Morgan fingerprint density at radius 2 is 1.00 bits per heavy atom. The van der Waals surface area contributed by atoms with E-state index in [1.54, 1.807) is 30.3 Å². The van der Waals surface area contributed by atoms with Crippen LogP contribution < -0.4 is 5.73 Å². The SMILES string of the molecule is Nc1ccc2c(O)c(N=Nc3ccc(N=Nc4ccc(N=Nc5cc(S(=O)(=O)O)c6cccc(S(=O)(=O)O)c6c5)c5ccccc45)c4ccc(S(=O)(=O)O)cc34)c([SH](=O)=O)cc2c1. The van der Waals surface area contributed by atoms with Crippen molar-refractivity contribution in [1.82, 2.24) is 0 Å². The third kappa shape index (κ3) is 8.44. The molecule has 0 saturated heterocycles. The summed E-state index contributed by atoms with van der Waals surface area (Å²) in [6.45, 7) is 0. The predicted molar refractivity (Wildman–Crippen MR) is 232 cm³/mol. The molecule has 8 aromatic rings. The Kier molecular flexibility index (Phi) is 10.8. The fourth-order valence-corrected chi connectivity index (χ4v) is 9.32. The smallest absolute Gasteiger partial charge is 0.295 e. The fourth-order valence-electron chi connectivity index (χ4n) is 6.82. The lowest BCUT2D eigenvalue weighted by molar-refractivity contribution is 0.480. The van der Waals surface area contributed by atoms with Crippen molar-refractivity contribution in [2.45, 2.75) is 19.6 Å². The van der Waals surface area contributed by atoms with Crippen LogP contribution in [-0.4, -0.2) is 52.4 Å². The van der Waals surface area contributed by atoms with E-state index in [1.807, 2.05) is 0 Å². The van der Waals surface area contributed by atoms with E-state index >= 15 is 0 Å². The molecule has 0 aliphatic carbocycles. The van der Waals surface area contributed by atoms with E-state index in [2.05, 4.69) is 30.7 Å². The molecule has 63 heavy (non-hydrogen) atoms. The first-order valence-electron chi connectivity index (χ1n) is 17.8. The largest absolute Gasteiger partial charge is 0.505 e. The monoisotopic (exact) mass is 925 g/mol. The Hall–Kier alpha value is -7.12. The molecule has 0 aromatic heterocycles. The number of anilines is 1. The molecule has 0 aliphatic rings. The highest BCUT2D eigenvalue weighted by Crippen LogP contribution is 2.43. The standard InChI is InChI=1S/C40H27N7O12S4/c41-22-8-10-25-21(16-22)17-36(60(49)50)39(40(25)48)47-46-35-15-14-34(28-11-9-24(20-30(28)35)61(51,52)53)45-44-33-13-12-32(26-4-1-2-5-27(26)33)43-42-23-18-31-29(38(19-23)63(57,58)59)6-3-7-37(31)62(54,55)56/h1-20,48,60H,41H2,(H,51,52,53)(H,54,55,56)(H,57,58,59). The van der Waals surface area contributed by atoms with Gasteiger partial charge in [-0.1, -0.05) is 42.5 Å². The molecule has 0 fully saturated rings. The predicted octanol–water partition coefficient (Wildman–Crippen LogP) is 9.54. The molecule has 318 valence electrons. The van der Waals surface area contributed by atoms with Crippen LogP contribution in [0, 0.1) is 0 Å². The van der Waals surface area contributed by atoms with Crippen LogP contribution in [0.15, 0.2) is 172 Å². The van der Waals surface area contributed by atoms with Gasteiger partial charge in [-0.25, -0.2) is 8.42 Å². The number of nitrogens with two attached hydrogens (primary N) is 1. The minimum absolute atomic E-state index is 0.00262. The number of phenols is 1. The summed E-state index contributed by atoms with van der Waals surface area (Å²) < 4.78 is 127. The number of nitrogens with zero attached hydrogens (tertiary/aromatic N) is 6. The third-order valence-corrected chi connectivity index (χ3v) is 13.0. The van der Waals surface area contributed by atoms with Gasteiger partial charge in [0.2, 0.25) is 0 Å². The average molecular weight is 926 g/mol. The minimum atomic E-state index is -4.90. The number of benzene rings is 8. The highest BCUT2D eigenvalue weighted by Gasteiger charge is 2.22. The van der Waals surface area contributed by atoms with Gasteiger partial charge >= 0.3 is 0 Å². The van der Waals surface area contributed by atoms with Crippen molar-refractivity contribution in [3.05, 3.63) is 121 Å². The van der Waals surface area contributed by atoms with Crippen LogP contribution in [0.5, 0.6) is 5.75 Å². The molecule has 0 saturated carbocycles. The van der Waals surface area contributed by atoms with Crippen molar-refractivity contribution in [1.29, 1.82) is 0 Å². The number of azo groups is 3. The molecule has 6 N–H and O–H groups in total. The maximum atomic E-state index is 12.3. The topological polar surface area (TPSA) is 318 Å². The zero-order chi connectivity index (χ0) is 45.0. The van der Waals surface area contributed by atoms with Gasteiger partial charge in [0.25, 0.3) is 30.4 Å². The first-order chi connectivity index (χ1) is 29.8. The van der Waals surface area contributed by atoms with Gasteiger partial charge in [0.05, 0.1) is 38.2 Å². The van der Waals surface area contributed by atoms with Gasteiger partial charge in [-0.05, 0) is 84.2 Å². The molecule has 0 amide bonds. The molecule has 19 nitrogen and oxygen atoms in total. The van der Waals surface area contributed by atoms with Gasteiger partial charge in [0, 0.05) is 43.4 Å². The summed E-state index contributed by atoms with van der Waals surface area (Å²) in [4.78, 5) is -2.14. The molecule has 0 radical (unpaired) electrons. The van der Waals surface area contributed by atoms with Crippen molar-refractivity contribution < 1.29 is 52.4 Å². The van der Waals surface area contributed by atoms with Crippen molar-refractivity contribution in [3.8, 4) is 5.75 Å². The van der Waals surface area contributed by atoms with E-state index in [4.69, 9.17) is 5.73 Å². The van der Waals surface area contributed by atoms with Gasteiger partial charge < -0.3 is 10.8 Å². The summed E-state index contributed by atoms with van der Waals surface area (Å²) in [5.74, 6) is -0.493. The summed E-state index contributed by atoms with van der Waals surface area (Å²) in [5.41, 5.74) is 6.39. The van der Waals surface area contributed by atoms with Crippen molar-refractivity contribution >= 4 is 124 Å². The number of hydrogen-bond donors (Lipinski definition) is 6. The second-order valence-electron chi connectivity index (χ2n) is 13.6. The lowest BCUT2D eigenvalue weighted by Crippen LogP contribution is -2.03. The molecule has 0 aliphatic heterocycles. The zero-order valence-corrected chi connectivity index (χ0v) is 34.9. The summed E-state index contributed by atoms with van der Waals surface area (Å²) in [6, 6.07) is 27.8. The second kappa shape index (κ2) is 16.0. The minimum Gasteiger partial charge on any atom is -0.505 e. The van der Waals surface area contributed by atoms with E-state index < -0.39 is 61.5 Å². The van der Waals surface area contributed by atoms with Crippen molar-refractivity contribution in [3.63, 3.8) is 0 Å². The Morgan fingerprint density at radius 1 is 0.460 bits per heavy atom.